The number of nitrogens with one attached hydrogen (secondary N) is 4. The van der Waals surface area contributed by atoms with Crippen molar-refractivity contribution >= 4 is 47.9 Å². The van der Waals surface area contributed by atoms with Crippen LogP contribution in [0.25, 0.3) is 11.1 Å². The molecule has 10 nitrogen and oxygen atoms in total. The predicted molar refractivity (Wildman–Crippen MR) is 196 cm³/mol. The standard InChI is InChI=1S/C38H47N5O5S/c1-4-5-6-7-8-10-25-13-14-29(23(2)15-25)37(47)42-32(22-49)38(48)43-35-24(3)16-27-18-30(35)28-12-9-11-26(17-28)20-33(44)40-21-34(45)41-31(19-27)36(39)46/h9,11-18,31-32,49H,4-8,10,19-22H2,1-3H3,(H2,39,46)(H,40,44)(H,41,45)(H,42,47)(H,43,48)/t31?,32-/m0/s1. The number of anilines is 1. The van der Waals surface area contributed by atoms with Crippen molar-refractivity contribution in [3.63, 3.8) is 0 Å². The summed E-state index contributed by atoms with van der Waals surface area (Å²) in [5.41, 5.74) is 12.1. The Labute approximate surface area is 293 Å². The first kappa shape index (κ1) is 37.2. The first-order valence-electron chi connectivity index (χ1n) is 16.9. The van der Waals surface area contributed by atoms with Crippen LogP contribution in [0.5, 0.6) is 0 Å². The third kappa shape index (κ3) is 10.4. The molecule has 4 rings (SSSR count). The van der Waals surface area contributed by atoms with Crippen molar-refractivity contribution < 1.29 is 24.0 Å². The van der Waals surface area contributed by atoms with Gasteiger partial charge in [0.25, 0.3) is 5.91 Å². The molecule has 0 aromatic heterocycles. The molecule has 49 heavy (non-hydrogen) atoms. The van der Waals surface area contributed by atoms with Crippen LogP contribution in [0.2, 0.25) is 0 Å². The molecule has 0 aliphatic carbocycles. The fraction of sp³-hybridized carbons (Fsp3) is 0.395. The average Bonchev–Trinajstić information content (AvgIpc) is 3.06. The number of primary amides is 1. The minimum atomic E-state index is -1.02. The highest BCUT2D eigenvalue weighted by Gasteiger charge is 2.25. The van der Waals surface area contributed by atoms with Crippen LogP contribution in [0.4, 0.5) is 5.69 Å². The minimum Gasteiger partial charge on any atom is -0.368 e. The highest BCUT2D eigenvalue weighted by atomic mass is 32.1. The monoisotopic (exact) mass is 685 g/mol. The number of carbonyl (C=O) groups is 5. The van der Waals surface area contributed by atoms with Gasteiger partial charge in [0.15, 0.2) is 0 Å². The van der Waals surface area contributed by atoms with Crippen molar-refractivity contribution in [3.8, 4) is 11.1 Å². The number of thiol groups is 1. The maximum absolute atomic E-state index is 13.7. The molecule has 0 saturated heterocycles. The van der Waals surface area contributed by atoms with Crippen LogP contribution in [0, 0.1) is 13.8 Å². The highest BCUT2D eigenvalue weighted by Crippen LogP contribution is 2.34. The Morgan fingerprint density at radius 1 is 0.939 bits per heavy atom. The van der Waals surface area contributed by atoms with E-state index in [4.69, 9.17) is 5.73 Å². The number of hydrogen-bond donors (Lipinski definition) is 6. The summed E-state index contributed by atoms with van der Waals surface area (Å²) in [4.78, 5) is 64.5. The molecule has 260 valence electrons. The number of carbonyl (C=O) groups excluding carboxylic acids is 5. The van der Waals surface area contributed by atoms with E-state index in [9.17, 15) is 24.0 Å². The normalized spacial score (nSPS) is 15.3. The minimum absolute atomic E-state index is 0.0217. The summed E-state index contributed by atoms with van der Waals surface area (Å²) in [5.74, 6) is -2.37. The van der Waals surface area contributed by atoms with Gasteiger partial charge in [-0.25, -0.2) is 0 Å². The van der Waals surface area contributed by atoms with Crippen molar-refractivity contribution in [3.05, 3.63) is 88.0 Å². The van der Waals surface area contributed by atoms with Crippen molar-refractivity contribution in [1.82, 2.24) is 16.0 Å². The van der Waals surface area contributed by atoms with E-state index in [2.05, 4.69) is 40.8 Å². The van der Waals surface area contributed by atoms with Crippen LogP contribution in [0.3, 0.4) is 0 Å². The van der Waals surface area contributed by atoms with Crippen LogP contribution >= 0.6 is 12.6 Å². The number of nitrogens with two attached hydrogens (primary N) is 1. The molecule has 3 aromatic carbocycles. The van der Waals surface area contributed by atoms with E-state index in [0.717, 1.165) is 24.0 Å². The lowest BCUT2D eigenvalue weighted by atomic mass is 9.93. The van der Waals surface area contributed by atoms with Gasteiger partial charge in [-0.05, 0) is 72.2 Å². The van der Waals surface area contributed by atoms with Crippen LogP contribution in [-0.4, -0.2) is 53.9 Å². The molecule has 3 aromatic rings. The van der Waals surface area contributed by atoms with Gasteiger partial charge >= 0.3 is 0 Å². The van der Waals surface area contributed by atoms with Crippen molar-refractivity contribution in [1.29, 1.82) is 0 Å². The Morgan fingerprint density at radius 3 is 2.43 bits per heavy atom. The number of hydrogen-bond acceptors (Lipinski definition) is 6. The molecule has 5 amide bonds. The second-order valence-electron chi connectivity index (χ2n) is 12.7. The zero-order valence-electron chi connectivity index (χ0n) is 28.5. The molecule has 0 saturated carbocycles. The Morgan fingerprint density at radius 2 is 1.71 bits per heavy atom. The first-order valence-corrected chi connectivity index (χ1v) is 17.5. The van der Waals surface area contributed by atoms with Gasteiger partial charge in [0.1, 0.15) is 12.1 Å². The van der Waals surface area contributed by atoms with E-state index < -0.39 is 29.8 Å². The highest BCUT2D eigenvalue weighted by molar-refractivity contribution is 7.80. The topological polar surface area (TPSA) is 159 Å². The van der Waals surface area contributed by atoms with E-state index in [1.54, 1.807) is 0 Å². The summed E-state index contributed by atoms with van der Waals surface area (Å²) in [6.45, 7) is 5.64. The van der Waals surface area contributed by atoms with E-state index in [1.165, 1.54) is 31.2 Å². The molecule has 2 atom stereocenters. The third-order valence-electron chi connectivity index (χ3n) is 8.72. The molecule has 1 unspecified atom stereocenters. The molecular weight excluding hydrogens is 639 g/mol. The molecule has 1 aliphatic heterocycles. The quantitative estimate of drug-likeness (QED) is 0.124. The van der Waals surface area contributed by atoms with Crippen molar-refractivity contribution in [2.24, 2.45) is 5.73 Å². The van der Waals surface area contributed by atoms with Gasteiger partial charge in [0.2, 0.25) is 23.6 Å². The van der Waals surface area contributed by atoms with Gasteiger partial charge in [-0.2, -0.15) is 12.6 Å². The number of rotatable bonds is 12. The van der Waals surface area contributed by atoms with Crippen molar-refractivity contribution in [2.75, 3.05) is 17.6 Å². The van der Waals surface area contributed by atoms with Gasteiger partial charge in [-0.15, -0.1) is 0 Å². The lowest BCUT2D eigenvalue weighted by Gasteiger charge is -2.22. The van der Waals surface area contributed by atoms with Crippen LogP contribution in [0.15, 0.2) is 54.6 Å². The van der Waals surface area contributed by atoms with E-state index in [-0.39, 0.29) is 37.0 Å². The van der Waals surface area contributed by atoms with E-state index in [0.29, 0.717) is 33.5 Å². The Bertz CT molecular complexity index is 1710. The fourth-order valence-corrected chi connectivity index (χ4v) is 6.32. The fourth-order valence-electron chi connectivity index (χ4n) is 6.06. The molecule has 0 spiro atoms. The maximum atomic E-state index is 13.7. The molecule has 4 bridgehead atoms. The zero-order chi connectivity index (χ0) is 35.5. The van der Waals surface area contributed by atoms with E-state index in [1.807, 2.05) is 68.4 Å². The number of benzene rings is 3. The average molecular weight is 686 g/mol. The van der Waals surface area contributed by atoms with E-state index >= 15 is 0 Å². The summed E-state index contributed by atoms with van der Waals surface area (Å²) in [7, 11) is 0. The Hall–Kier alpha value is -4.64. The lowest BCUT2D eigenvalue weighted by molar-refractivity contribution is -0.128. The third-order valence-corrected chi connectivity index (χ3v) is 9.08. The van der Waals surface area contributed by atoms with Gasteiger partial charge in [-0.3, -0.25) is 24.0 Å². The maximum Gasteiger partial charge on any atom is 0.252 e. The molecule has 0 fully saturated rings. The number of unbranched alkanes of at least 4 members (excludes halogenated alkanes) is 4. The molecule has 1 heterocycles. The number of aryl methyl sites for hydroxylation is 3. The summed E-state index contributed by atoms with van der Waals surface area (Å²) >= 11 is 4.39. The Kier molecular flexibility index (Phi) is 13.4. The Balaban J connectivity index is 1.59. The molecular formula is C38H47N5O5S. The smallest absolute Gasteiger partial charge is 0.252 e. The lowest BCUT2D eigenvalue weighted by Crippen LogP contribution is -2.49. The summed E-state index contributed by atoms with van der Waals surface area (Å²) in [6, 6.07) is 14.9. The van der Waals surface area contributed by atoms with Gasteiger partial charge < -0.3 is 27.0 Å². The second-order valence-corrected chi connectivity index (χ2v) is 13.1. The van der Waals surface area contributed by atoms with Crippen LogP contribution in [0.1, 0.15) is 77.2 Å². The molecule has 6 N–H and O–H groups in total. The molecule has 11 heteroatoms. The summed E-state index contributed by atoms with van der Waals surface area (Å²) < 4.78 is 0. The largest absolute Gasteiger partial charge is 0.368 e. The van der Waals surface area contributed by atoms with Crippen LogP contribution in [-0.2, 0) is 38.4 Å². The van der Waals surface area contributed by atoms with Gasteiger partial charge in [-0.1, -0.05) is 75.1 Å². The second kappa shape index (κ2) is 17.7. The van der Waals surface area contributed by atoms with Gasteiger partial charge in [0.05, 0.1) is 18.7 Å². The zero-order valence-corrected chi connectivity index (χ0v) is 29.4. The summed E-state index contributed by atoms with van der Waals surface area (Å²) in [5, 5.41) is 11.0. The van der Waals surface area contributed by atoms with Crippen LogP contribution < -0.4 is 27.0 Å². The van der Waals surface area contributed by atoms with Gasteiger partial charge in [0, 0.05) is 23.3 Å². The number of fused-ring (bicyclic) bond motifs is 5. The molecule has 1 aliphatic rings. The first-order chi connectivity index (χ1) is 23.5. The summed E-state index contributed by atoms with van der Waals surface area (Å²) in [6.07, 6.45) is 7.06. The predicted octanol–water partition coefficient (Wildman–Crippen LogP) is 4.34. The molecule has 0 radical (unpaired) electrons. The number of amides is 5. The van der Waals surface area contributed by atoms with Crippen molar-refractivity contribution in [2.45, 2.75) is 84.2 Å². The SMILES string of the molecule is CCCCCCCc1ccc(C(=O)N[C@@H](CS)C(=O)Nc2c(C)cc3cc2-c2cccc(c2)CC(=O)NCC(=O)NC(C(N)=O)C3)c(C)c1.